The van der Waals surface area contributed by atoms with Crippen molar-refractivity contribution < 1.29 is 18.7 Å². The molecule has 0 unspecified atom stereocenters. The van der Waals surface area contributed by atoms with Crippen LogP contribution in [0.5, 0.6) is 5.75 Å². The van der Waals surface area contributed by atoms with Gasteiger partial charge in [0, 0.05) is 12.4 Å². The number of halogens is 1. The van der Waals surface area contributed by atoms with Gasteiger partial charge in [0.05, 0.1) is 19.3 Å². The molecule has 1 atom stereocenters. The quantitative estimate of drug-likeness (QED) is 0.563. The maximum atomic E-state index is 13.2. The summed E-state index contributed by atoms with van der Waals surface area (Å²) in [4.78, 5) is 16.1. The second-order valence-corrected chi connectivity index (χ2v) is 7.16. The molecule has 2 heterocycles. The van der Waals surface area contributed by atoms with E-state index in [0.29, 0.717) is 18.1 Å². The van der Waals surface area contributed by atoms with Crippen LogP contribution in [0.2, 0.25) is 0 Å². The lowest BCUT2D eigenvalue weighted by Gasteiger charge is -2.26. The van der Waals surface area contributed by atoms with Crippen molar-refractivity contribution in [3.8, 4) is 16.9 Å². The monoisotopic (exact) mass is 391 g/mol. The molecule has 1 aliphatic rings. The van der Waals surface area contributed by atoms with E-state index in [1.165, 1.54) is 24.8 Å². The third kappa shape index (κ3) is 4.14. The number of esters is 1. The van der Waals surface area contributed by atoms with Crippen molar-refractivity contribution in [2.45, 2.75) is 25.2 Å². The van der Waals surface area contributed by atoms with Crippen molar-refractivity contribution in [2.24, 2.45) is 0 Å². The fourth-order valence-electron chi connectivity index (χ4n) is 3.85. The number of rotatable bonds is 5. The fraction of sp³-hybridized carbons (Fsp3) is 0.250. The first kappa shape index (κ1) is 19.1. The largest absolute Gasteiger partial charge is 0.493 e. The minimum atomic E-state index is -0.335. The van der Waals surface area contributed by atoms with Crippen LogP contribution in [0.15, 0.2) is 60.9 Å². The average Bonchev–Trinajstić information content (AvgIpc) is 2.77. The number of carbonyl (C=O) groups is 1. The molecule has 0 amide bonds. The summed E-state index contributed by atoms with van der Waals surface area (Å²) in [5.41, 5.74) is 4.60. The number of aromatic nitrogens is 1. The van der Waals surface area contributed by atoms with Gasteiger partial charge in [-0.15, -0.1) is 0 Å². The molecule has 1 aromatic heterocycles. The van der Waals surface area contributed by atoms with Crippen molar-refractivity contribution in [1.82, 2.24) is 4.98 Å². The lowest BCUT2D eigenvalue weighted by molar-refractivity contribution is 0.0599. The van der Waals surface area contributed by atoms with Gasteiger partial charge in [0.25, 0.3) is 0 Å². The molecule has 5 heteroatoms. The molecule has 0 bridgehead atoms. The van der Waals surface area contributed by atoms with Crippen LogP contribution < -0.4 is 4.74 Å². The standard InChI is InChI=1S/C24H22FNO3/c1-28-24(27)22-10-12-26-15-19(22)3-2-17-11-13-29-23-14-18(6-9-21(17)23)16-4-7-20(25)8-5-16/h4-10,12,14-15,17H,2-3,11,13H2,1H3/t17-/m0/s1. The SMILES string of the molecule is COC(=O)c1ccncc1CC[C@H]1CCOc2cc(-c3ccc(F)cc3)ccc21. The first-order chi connectivity index (χ1) is 14.2. The maximum absolute atomic E-state index is 13.2. The van der Waals surface area contributed by atoms with Gasteiger partial charge in [-0.2, -0.15) is 0 Å². The van der Waals surface area contributed by atoms with Crippen LogP contribution in [0, 0.1) is 5.82 Å². The molecule has 1 aliphatic heterocycles. The number of hydrogen-bond donors (Lipinski definition) is 0. The number of hydrogen-bond acceptors (Lipinski definition) is 4. The summed E-state index contributed by atoms with van der Waals surface area (Å²) in [6.07, 6.45) is 5.90. The lowest BCUT2D eigenvalue weighted by Crippen LogP contribution is -2.15. The highest BCUT2D eigenvalue weighted by atomic mass is 19.1. The van der Waals surface area contributed by atoms with Gasteiger partial charge >= 0.3 is 5.97 Å². The predicted molar refractivity (Wildman–Crippen MR) is 109 cm³/mol. The summed E-state index contributed by atoms with van der Waals surface area (Å²) < 4.78 is 24.0. The second kappa shape index (κ2) is 8.43. The highest BCUT2D eigenvalue weighted by molar-refractivity contribution is 5.90. The van der Waals surface area contributed by atoms with Gasteiger partial charge in [0.2, 0.25) is 0 Å². The summed E-state index contributed by atoms with van der Waals surface area (Å²) in [5, 5.41) is 0. The smallest absolute Gasteiger partial charge is 0.338 e. The Bertz CT molecular complexity index is 1020. The van der Waals surface area contributed by atoms with E-state index in [1.807, 2.05) is 6.07 Å². The molecule has 2 aromatic carbocycles. The number of aryl methyl sites for hydroxylation is 1. The number of fused-ring (bicyclic) bond motifs is 1. The zero-order valence-electron chi connectivity index (χ0n) is 16.2. The summed E-state index contributed by atoms with van der Waals surface area (Å²) in [5.74, 6) is 0.637. The maximum Gasteiger partial charge on any atom is 0.338 e. The second-order valence-electron chi connectivity index (χ2n) is 7.16. The highest BCUT2D eigenvalue weighted by Crippen LogP contribution is 2.39. The van der Waals surface area contributed by atoms with E-state index in [4.69, 9.17) is 9.47 Å². The Labute approximate surface area is 169 Å². The van der Waals surface area contributed by atoms with Gasteiger partial charge in [-0.25, -0.2) is 9.18 Å². The van der Waals surface area contributed by atoms with Crippen LogP contribution >= 0.6 is 0 Å². The first-order valence-corrected chi connectivity index (χ1v) is 9.69. The topological polar surface area (TPSA) is 48.4 Å². The summed E-state index contributed by atoms with van der Waals surface area (Å²) in [6.45, 7) is 0.654. The molecule has 4 nitrogen and oxygen atoms in total. The van der Waals surface area contributed by atoms with Crippen LogP contribution in [0.3, 0.4) is 0 Å². The summed E-state index contributed by atoms with van der Waals surface area (Å²) in [6, 6.07) is 14.4. The van der Waals surface area contributed by atoms with E-state index in [1.54, 1.807) is 30.6 Å². The van der Waals surface area contributed by atoms with Crippen LogP contribution in [-0.2, 0) is 11.2 Å². The molecule has 0 fully saturated rings. The highest BCUT2D eigenvalue weighted by Gasteiger charge is 2.23. The molecule has 0 saturated heterocycles. The van der Waals surface area contributed by atoms with Crippen LogP contribution in [0.25, 0.3) is 11.1 Å². The van der Waals surface area contributed by atoms with E-state index in [9.17, 15) is 9.18 Å². The van der Waals surface area contributed by atoms with Crippen molar-refractivity contribution in [3.05, 3.63) is 83.4 Å². The third-order valence-corrected chi connectivity index (χ3v) is 5.43. The van der Waals surface area contributed by atoms with Crippen LogP contribution in [0.4, 0.5) is 4.39 Å². The Balaban J connectivity index is 1.53. The number of benzene rings is 2. The normalized spacial score (nSPS) is 15.3. The molecule has 0 saturated carbocycles. The summed E-state index contributed by atoms with van der Waals surface area (Å²) in [7, 11) is 1.39. The third-order valence-electron chi connectivity index (χ3n) is 5.43. The van der Waals surface area contributed by atoms with E-state index in [2.05, 4.69) is 17.1 Å². The number of ether oxygens (including phenoxy) is 2. The van der Waals surface area contributed by atoms with Gasteiger partial charge < -0.3 is 9.47 Å². The number of carbonyl (C=O) groups excluding carboxylic acids is 1. The average molecular weight is 391 g/mol. The van der Waals surface area contributed by atoms with E-state index in [-0.39, 0.29) is 11.8 Å². The minimum Gasteiger partial charge on any atom is -0.493 e. The Morgan fingerprint density at radius 2 is 1.97 bits per heavy atom. The molecule has 4 rings (SSSR count). The Morgan fingerprint density at radius 3 is 2.76 bits per heavy atom. The molecular formula is C24H22FNO3. The molecule has 0 radical (unpaired) electrons. The molecule has 0 spiro atoms. The number of nitrogens with zero attached hydrogens (tertiary/aromatic N) is 1. The fourth-order valence-corrected chi connectivity index (χ4v) is 3.85. The Hall–Kier alpha value is -3.21. The minimum absolute atomic E-state index is 0.246. The summed E-state index contributed by atoms with van der Waals surface area (Å²) >= 11 is 0. The van der Waals surface area contributed by atoms with Crippen molar-refractivity contribution >= 4 is 5.97 Å². The van der Waals surface area contributed by atoms with Crippen molar-refractivity contribution in [2.75, 3.05) is 13.7 Å². The molecule has 0 N–H and O–H groups in total. The molecule has 0 aliphatic carbocycles. The van der Waals surface area contributed by atoms with E-state index in [0.717, 1.165) is 41.7 Å². The number of methoxy groups -OCH3 is 1. The molecular weight excluding hydrogens is 369 g/mol. The molecule has 3 aromatic rings. The van der Waals surface area contributed by atoms with E-state index >= 15 is 0 Å². The molecule has 29 heavy (non-hydrogen) atoms. The van der Waals surface area contributed by atoms with Gasteiger partial charge in [0.15, 0.2) is 0 Å². The lowest BCUT2D eigenvalue weighted by atomic mass is 9.86. The number of pyridine rings is 1. The zero-order chi connectivity index (χ0) is 20.2. The zero-order valence-corrected chi connectivity index (χ0v) is 16.2. The van der Waals surface area contributed by atoms with Crippen LogP contribution in [-0.4, -0.2) is 24.7 Å². The Kier molecular flexibility index (Phi) is 5.56. The van der Waals surface area contributed by atoms with Gasteiger partial charge in [-0.3, -0.25) is 4.98 Å². The van der Waals surface area contributed by atoms with Crippen molar-refractivity contribution in [3.63, 3.8) is 0 Å². The van der Waals surface area contributed by atoms with Gasteiger partial charge in [-0.1, -0.05) is 24.3 Å². The first-order valence-electron chi connectivity index (χ1n) is 9.69. The van der Waals surface area contributed by atoms with E-state index < -0.39 is 0 Å². The van der Waals surface area contributed by atoms with Gasteiger partial charge in [0.1, 0.15) is 11.6 Å². The van der Waals surface area contributed by atoms with Crippen molar-refractivity contribution in [1.29, 1.82) is 0 Å². The Morgan fingerprint density at radius 1 is 1.17 bits per heavy atom. The predicted octanol–water partition coefficient (Wildman–Crippen LogP) is 5.17. The molecule has 148 valence electrons. The van der Waals surface area contributed by atoms with Crippen LogP contribution in [0.1, 0.15) is 40.2 Å². The van der Waals surface area contributed by atoms with Gasteiger partial charge in [-0.05, 0) is 71.7 Å².